The molecule has 0 aliphatic heterocycles. The fraction of sp³-hybridized carbons (Fsp3) is 0.250. The smallest absolute Gasteiger partial charge is 0.351 e. The Morgan fingerprint density at radius 1 is 1.21 bits per heavy atom. The largest absolute Gasteiger partial charge is 0.495 e. The molecule has 0 bridgehead atoms. The number of hydrogen-bond acceptors (Lipinski definition) is 7. The lowest BCUT2D eigenvalue weighted by atomic mass is 10.2. The topological polar surface area (TPSA) is 77.5 Å². The Bertz CT molecular complexity index is 996. The summed E-state index contributed by atoms with van der Waals surface area (Å²) in [6.45, 7) is 5.20. The van der Waals surface area contributed by atoms with E-state index in [0.29, 0.717) is 22.0 Å². The fourth-order valence-electron chi connectivity index (χ4n) is 2.51. The maximum atomic E-state index is 12.5. The first kappa shape index (κ1) is 20.0. The molecule has 2 aromatic heterocycles. The van der Waals surface area contributed by atoms with E-state index in [1.807, 2.05) is 30.5 Å². The second kappa shape index (κ2) is 8.53. The Morgan fingerprint density at radius 3 is 2.68 bits per heavy atom. The Kier molecular flexibility index (Phi) is 6.11. The molecule has 0 saturated carbocycles. The van der Waals surface area contributed by atoms with Gasteiger partial charge in [-0.1, -0.05) is 12.1 Å². The minimum absolute atomic E-state index is 0.399. The zero-order chi connectivity index (χ0) is 20.3. The van der Waals surface area contributed by atoms with Gasteiger partial charge in [0.25, 0.3) is 5.91 Å². The summed E-state index contributed by atoms with van der Waals surface area (Å²) in [5, 5.41) is 5.47. The number of nitrogens with one attached hydrogen (secondary N) is 1. The molecule has 1 atom stereocenters. The van der Waals surface area contributed by atoms with Gasteiger partial charge in [-0.2, -0.15) is 0 Å². The fourth-order valence-corrected chi connectivity index (χ4v) is 4.26. The maximum Gasteiger partial charge on any atom is 0.351 e. The lowest BCUT2D eigenvalue weighted by Gasteiger charge is -2.15. The molecule has 3 aromatic rings. The number of aromatic nitrogens is 1. The summed E-state index contributed by atoms with van der Waals surface area (Å²) in [6.07, 6.45) is -0.968. The zero-order valence-corrected chi connectivity index (χ0v) is 17.6. The highest BCUT2D eigenvalue weighted by Crippen LogP contribution is 2.31. The minimum atomic E-state index is -0.968. The van der Waals surface area contributed by atoms with Gasteiger partial charge in [0.15, 0.2) is 6.10 Å². The lowest BCUT2D eigenvalue weighted by molar-refractivity contribution is -0.123. The normalized spacial score (nSPS) is 11.7. The van der Waals surface area contributed by atoms with Crippen LogP contribution < -0.4 is 10.1 Å². The number of thiophene rings is 1. The molecule has 6 nitrogen and oxygen atoms in total. The SMILES string of the molecule is COc1ccc(C)cc1NC(=O)[C@@H](C)OC(=O)c1sc(-c2cccs2)nc1C. The van der Waals surface area contributed by atoms with Crippen molar-refractivity contribution in [3.63, 3.8) is 0 Å². The number of aryl methyl sites for hydroxylation is 2. The zero-order valence-electron chi connectivity index (χ0n) is 15.9. The van der Waals surface area contributed by atoms with Crippen LogP contribution in [0.1, 0.15) is 27.9 Å². The van der Waals surface area contributed by atoms with Gasteiger partial charge in [0, 0.05) is 0 Å². The van der Waals surface area contributed by atoms with Crippen molar-refractivity contribution in [3.8, 4) is 15.6 Å². The molecule has 8 heteroatoms. The molecule has 2 heterocycles. The number of esters is 1. The van der Waals surface area contributed by atoms with Gasteiger partial charge in [0.05, 0.1) is 23.4 Å². The van der Waals surface area contributed by atoms with Gasteiger partial charge >= 0.3 is 5.97 Å². The Morgan fingerprint density at radius 2 is 2.00 bits per heavy atom. The predicted molar refractivity (Wildman–Crippen MR) is 111 cm³/mol. The van der Waals surface area contributed by atoms with Crippen molar-refractivity contribution < 1.29 is 19.1 Å². The van der Waals surface area contributed by atoms with Crippen LogP contribution >= 0.6 is 22.7 Å². The number of anilines is 1. The maximum absolute atomic E-state index is 12.5. The van der Waals surface area contributed by atoms with Crippen LogP contribution in [-0.4, -0.2) is 30.1 Å². The molecule has 3 rings (SSSR count). The summed E-state index contributed by atoms with van der Waals surface area (Å²) in [7, 11) is 1.53. The number of rotatable bonds is 6. The molecule has 0 radical (unpaired) electrons. The molecule has 0 aliphatic carbocycles. The van der Waals surface area contributed by atoms with Crippen LogP contribution in [0.25, 0.3) is 9.88 Å². The van der Waals surface area contributed by atoms with Crippen molar-refractivity contribution in [3.05, 3.63) is 51.8 Å². The monoisotopic (exact) mass is 416 g/mol. The molecule has 0 spiro atoms. The van der Waals surface area contributed by atoms with E-state index in [-0.39, 0.29) is 0 Å². The second-order valence-corrected chi connectivity index (χ2v) is 8.10. The summed E-state index contributed by atoms with van der Waals surface area (Å²) in [6, 6.07) is 9.33. The van der Waals surface area contributed by atoms with Crippen molar-refractivity contribution in [2.45, 2.75) is 26.9 Å². The van der Waals surface area contributed by atoms with Gasteiger partial charge in [-0.3, -0.25) is 4.79 Å². The Balaban J connectivity index is 1.69. The average molecular weight is 417 g/mol. The van der Waals surface area contributed by atoms with Crippen LogP contribution in [-0.2, 0) is 9.53 Å². The summed E-state index contributed by atoms with van der Waals surface area (Å²) in [4.78, 5) is 30.8. The molecule has 0 saturated heterocycles. The summed E-state index contributed by atoms with van der Waals surface area (Å²) in [5.74, 6) is -0.453. The third-order valence-corrected chi connectivity index (χ3v) is 6.16. The molecule has 146 valence electrons. The Labute approximate surface area is 171 Å². The number of thiazole rings is 1. The van der Waals surface area contributed by atoms with E-state index in [0.717, 1.165) is 15.4 Å². The summed E-state index contributed by atoms with van der Waals surface area (Å²) in [5.41, 5.74) is 2.10. The minimum Gasteiger partial charge on any atom is -0.495 e. The average Bonchev–Trinajstić information content (AvgIpc) is 3.31. The first-order valence-electron chi connectivity index (χ1n) is 8.57. The standard InChI is InChI=1S/C20H20N2O4S2/c1-11-7-8-15(25-4)14(10-11)22-18(23)13(3)26-20(24)17-12(2)21-19(28-17)16-6-5-9-27-16/h5-10,13H,1-4H3,(H,22,23)/t13-/m1/s1. The molecule has 1 amide bonds. The first-order valence-corrected chi connectivity index (χ1v) is 10.3. The van der Waals surface area contributed by atoms with Crippen molar-refractivity contribution in [1.29, 1.82) is 0 Å². The number of carbonyl (C=O) groups excluding carboxylic acids is 2. The van der Waals surface area contributed by atoms with E-state index in [2.05, 4.69) is 10.3 Å². The molecule has 28 heavy (non-hydrogen) atoms. The highest BCUT2D eigenvalue weighted by molar-refractivity contribution is 7.22. The Hall–Kier alpha value is -2.71. The van der Waals surface area contributed by atoms with E-state index in [4.69, 9.17) is 9.47 Å². The van der Waals surface area contributed by atoms with Crippen LogP contribution in [0, 0.1) is 13.8 Å². The van der Waals surface area contributed by atoms with Crippen molar-refractivity contribution in [1.82, 2.24) is 4.98 Å². The first-order chi connectivity index (χ1) is 13.4. The van der Waals surface area contributed by atoms with E-state index in [9.17, 15) is 9.59 Å². The van der Waals surface area contributed by atoms with Gasteiger partial charge in [-0.25, -0.2) is 9.78 Å². The van der Waals surface area contributed by atoms with Crippen LogP contribution in [0.15, 0.2) is 35.7 Å². The number of carbonyl (C=O) groups is 2. The molecule has 0 aliphatic rings. The van der Waals surface area contributed by atoms with Gasteiger partial charge in [-0.05, 0) is 49.9 Å². The highest BCUT2D eigenvalue weighted by atomic mass is 32.1. The predicted octanol–water partition coefficient (Wildman–Crippen LogP) is 4.68. The highest BCUT2D eigenvalue weighted by Gasteiger charge is 2.24. The summed E-state index contributed by atoms with van der Waals surface area (Å²) >= 11 is 2.82. The third-order valence-electron chi connectivity index (χ3n) is 3.98. The summed E-state index contributed by atoms with van der Waals surface area (Å²) < 4.78 is 10.6. The number of amides is 1. The molecule has 1 aromatic carbocycles. The van der Waals surface area contributed by atoms with E-state index >= 15 is 0 Å². The van der Waals surface area contributed by atoms with Crippen LogP contribution in [0.5, 0.6) is 5.75 Å². The third kappa shape index (κ3) is 4.40. The van der Waals surface area contributed by atoms with Crippen molar-refractivity contribution >= 4 is 40.2 Å². The van der Waals surface area contributed by atoms with Gasteiger partial charge in [-0.15, -0.1) is 22.7 Å². The molecular formula is C20H20N2O4S2. The quantitative estimate of drug-likeness (QED) is 0.590. The van der Waals surface area contributed by atoms with Gasteiger partial charge < -0.3 is 14.8 Å². The number of nitrogens with zero attached hydrogens (tertiary/aromatic N) is 1. The van der Waals surface area contributed by atoms with E-state index < -0.39 is 18.0 Å². The van der Waals surface area contributed by atoms with Crippen LogP contribution in [0.3, 0.4) is 0 Å². The lowest BCUT2D eigenvalue weighted by Crippen LogP contribution is -2.30. The molecule has 0 fully saturated rings. The number of benzene rings is 1. The van der Waals surface area contributed by atoms with Crippen molar-refractivity contribution in [2.75, 3.05) is 12.4 Å². The van der Waals surface area contributed by atoms with Crippen LogP contribution in [0.4, 0.5) is 5.69 Å². The van der Waals surface area contributed by atoms with E-state index in [1.165, 1.54) is 25.4 Å². The molecular weight excluding hydrogens is 396 g/mol. The number of ether oxygens (including phenoxy) is 2. The van der Waals surface area contributed by atoms with E-state index in [1.54, 1.807) is 30.4 Å². The van der Waals surface area contributed by atoms with Crippen LogP contribution in [0.2, 0.25) is 0 Å². The molecule has 0 unspecified atom stereocenters. The van der Waals surface area contributed by atoms with Gasteiger partial charge in [0.1, 0.15) is 15.6 Å². The number of hydrogen-bond donors (Lipinski definition) is 1. The molecule has 1 N–H and O–H groups in total. The second-order valence-electron chi connectivity index (χ2n) is 6.15. The number of methoxy groups -OCH3 is 1. The van der Waals surface area contributed by atoms with Gasteiger partial charge in [0.2, 0.25) is 0 Å². The van der Waals surface area contributed by atoms with Crippen molar-refractivity contribution in [2.24, 2.45) is 0 Å².